The van der Waals surface area contributed by atoms with Gasteiger partial charge in [-0.05, 0) is 12.1 Å². The molecule has 0 fully saturated rings. The highest BCUT2D eigenvalue weighted by atomic mass is 15.5. The Hall–Kier alpha value is -1.51. The standard InChI is InChI=1S/C10H15N3/c1-12(2)9-11-13(3)10-7-5-4-6-8-10/h4-9H,1-3H3. The van der Waals surface area contributed by atoms with Gasteiger partial charge in [0.05, 0.1) is 5.69 Å². The molecule has 0 amide bonds. The van der Waals surface area contributed by atoms with Crippen LogP contribution in [0.25, 0.3) is 0 Å². The Morgan fingerprint density at radius 1 is 1.08 bits per heavy atom. The van der Waals surface area contributed by atoms with E-state index in [1.165, 1.54) is 0 Å². The number of nitrogens with zero attached hydrogens (tertiary/aromatic N) is 3. The van der Waals surface area contributed by atoms with Gasteiger partial charge in [-0.25, -0.2) is 0 Å². The molecule has 0 saturated heterocycles. The summed E-state index contributed by atoms with van der Waals surface area (Å²) in [6, 6.07) is 10.0. The predicted octanol–water partition coefficient (Wildman–Crippen LogP) is 1.63. The van der Waals surface area contributed by atoms with Crippen LogP contribution in [0.15, 0.2) is 35.4 Å². The molecule has 0 aliphatic rings. The number of rotatable bonds is 3. The Balaban J connectivity index is 2.64. The number of benzene rings is 1. The maximum absolute atomic E-state index is 4.23. The number of hydrogen-bond donors (Lipinski definition) is 0. The van der Waals surface area contributed by atoms with Crippen LogP contribution >= 0.6 is 0 Å². The van der Waals surface area contributed by atoms with Crippen molar-refractivity contribution in [1.29, 1.82) is 0 Å². The molecule has 1 aromatic rings. The van der Waals surface area contributed by atoms with Crippen LogP contribution < -0.4 is 5.01 Å². The summed E-state index contributed by atoms with van der Waals surface area (Å²) >= 11 is 0. The SMILES string of the molecule is CN(C)C=NN(C)c1ccccc1. The number of hydrazone groups is 1. The molecule has 0 spiro atoms. The van der Waals surface area contributed by atoms with Crippen LogP contribution in [0.1, 0.15) is 0 Å². The minimum absolute atomic E-state index is 1.08. The molecule has 0 radical (unpaired) electrons. The lowest BCUT2D eigenvalue weighted by Crippen LogP contribution is -2.14. The first kappa shape index (κ1) is 9.58. The van der Waals surface area contributed by atoms with Crippen molar-refractivity contribution in [2.24, 2.45) is 5.10 Å². The van der Waals surface area contributed by atoms with Crippen LogP contribution in [0.4, 0.5) is 5.69 Å². The highest BCUT2D eigenvalue weighted by Crippen LogP contribution is 2.10. The van der Waals surface area contributed by atoms with Crippen LogP contribution in [0.2, 0.25) is 0 Å². The van der Waals surface area contributed by atoms with E-state index in [1.54, 1.807) is 6.34 Å². The Labute approximate surface area is 79.3 Å². The van der Waals surface area contributed by atoms with Gasteiger partial charge >= 0.3 is 0 Å². The summed E-state index contributed by atoms with van der Waals surface area (Å²) in [6.07, 6.45) is 1.77. The summed E-state index contributed by atoms with van der Waals surface area (Å²) < 4.78 is 0. The van der Waals surface area contributed by atoms with Gasteiger partial charge in [0.1, 0.15) is 6.34 Å². The number of hydrogen-bond acceptors (Lipinski definition) is 2. The highest BCUT2D eigenvalue weighted by Gasteiger charge is 1.94. The van der Waals surface area contributed by atoms with Crippen LogP contribution in [-0.2, 0) is 0 Å². The molecular weight excluding hydrogens is 162 g/mol. The Morgan fingerprint density at radius 2 is 1.69 bits per heavy atom. The van der Waals surface area contributed by atoms with Gasteiger partial charge in [0.15, 0.2) is 0 Å². The van der Waals surface area contributed by atoms with Crippen molar-refractivity contribution >= 4 is 12.0 Å². The first-order valence-corrected chi connectivity index (χ1v) is 4.19. The molecule has 1 aromatic carbocycles. The second-order valence-electron chi connectivity index (χ2n) is 3.05. The van der Waals surface area contributed by atoms with Crippen LogP contribution in [-0.4, -0.2) is 32.4 Å². The zero-order valence-corrected chi connectivity index (χ0v) is 8.31. The van der Waals surface area contributed by atoms with E-state index in [-0.39, 0.29) is 0 Å². The molecule has 0 N–H and O–H groups in total. The van der Waals surface area contributed by atoms with Crippen molar-refractivity contribution in [2.75, 3.05) is 26.2 Å². The van der Waals surface area contributed by atoms with Gasteiger partial charge < -0.3 is 4.90 Å². The van der Waals surface area contributed by atoms with Gasteiger partial charge in [0.25, 0.3) is 0 Å². The summed E-state index contributed by atoms with van der Waals surface area (Å²) in [4.78, 5) is 1.90. The number of para-hydroxylation sites is 1. The average Bonchev–Trinajstić information content (AvgIpc) is 2.15. The molecule has 0 aromatic heterocycles. The zero-order chi connectivity index (χ0) is 9.68. The molecule has 0 saturated carbocycles. The fourth-order valence-corrected chi connectivity index (χ4v) is 0.891. The normalized spacial score (nSPS) is 10.4. The molecule has 0 atom stereocenters. The molecule has 0 heterocycles. The molecule has 70 valence electrons. The lowest BCUT2D eigenvalue weighted by Gasteiger charge is -2.13. The summed E-state index contributed by atoms with van der Waals surface area (Å²) in [6.45, 7) is 0. The van der Waals surface area contributed by atoms with E-state index < -0.39 is 0 Å². The summed E-state index contributed by atoms with van der Waals surface area (Å²) in [7, 11) is 5.82. The van der Waals surface area contributed by atoms with Gasteiger partial charge in [0.2, 0.25) is 0 Å². The van der Waals surface area contributed by atoms with Crippen molar-refractivity contribution in [3.05, 3.63) is 30.3 Å². The smallest absolute Gasteiger partial charge is 0.111 e. The Bertz CT molecular complexity index is 267. The van der Waals surface area contributed by atoms with Gasteiger partial charge in [-0.3, -0.25) is 5.01 Å². The fraction of sp³-hybridized carbons (Fsp3) is 0.300. The van der Waals surface area contributed by atoms with Crippen LogP contribution in [0.5, 0.6) is 0 Å². The van der Waals surface area contributed by atoms with Crippen molar-refractivity contribution in [2.45, 2.75) is 0 Å². The zero-order valence-electron chi connectivity index (χ0n) is 8.31. The molecule has 3 heteroatoms. The van der Waals surface area contributed by atoms with Gasteiger partial charge in [0, 0.05) is 21.1 Å². The van der Waals surface area contributed by atoms with Gasteiger partial charge in [-0.15, -0.1) is 0 Å². The third-order valence-electron chi connectivity index (χ3n) is 1.59. The first-order chi connectivity index (χ1) is 6.20. The second kappa shape index (κ2) is 4.50. The summed E-state index contributed by atoms with van der Waals surface area (Å²) in [5, 5.41) is 6.06. The van der Waals surface area contributed by atoms with Crippen LogP contribution in [0, 0.1) is 0 Å². The van der Waals surface area contributed by atoms with E-state index in [0.717, 1.165) is 5.69 Å². The predicted molar refractivity (Wildman–Crippen MR) is 57.0 cm³/mol. The topological polar surface area (TPSA) is 18.8 Å². The van der Waals surface area contributed by atoms with E-state index in [1.807, 2.05) is 61.4 Å². The van der Waals surface area contributed by atoms with E-state index >= 15 is 0 Å². The molecular formula is C10H15N3. The first-order valence-electron chi connectivity index (χ1n) is 4.19. The van der Waals surface area contributed by atoms with Crippen molar-refractivity contribution in [3.8, 4) is 0 Å². The molecule has 0 unspecified atom stereocenters. The minimum Gasteiger partial charge on any atom is -0.367 e. The lowest BCUT2D eigenvalue weighted by atomic mass is 10.3. The Kier molecular flexibility index (Phi) is 3.31. The quantitative estimate of drug-likeness (QED) is 0.397. The van der Waals surface area contributed by atoms with E-state index in [4.69, 9.17) is 0 Å². The molecule has 0 bridgehead atoms. The third-order valence-corrected chi connectivity index (χ3v) is 1.59. The number of anilines is 1. The molecule has 1 rings (SSSR count). The van der Waals surface area contributed by atoms with E-state index in [2.05, 4.69) is 5.10 Å². The molecule has 0 aliphatic carbocycles. The van der Waals surface area contributed by atoms with Crippen molar-refractivity contribution in [1.82, 2.24) is 4.90 Å². The van der Waals surface area contributed by atoms with E-state index in [9.17, 15) is 0 Å². The fourth-order valence-electron chi connectivity index (χ4n) is 0.891. The third kappa shape index (κ3) is 3.15. The molecule has 13 heavy (non-hydrogen) atoms. The maximum atomic E-state index is 4.23. The Morgan fingerprint density at radius 3 is 2.23 bits per heavy atom. The second-order valence-corrected chi connectivity index (χ2v) is 3.05. The average molecular weight is 177 g/mol. The molecule has 3 nitrogen and oxygen atoms in total. The van der Waals surface area contributed by atoms with Gasteiger partial charge in [-0.2, -0.15) is 5.10 Å². The summed E-state index contributed by atoms with van der Waals surface area (Å²) in [5.41, 5.74) is 1.08. The van der Waals surface area contributed by atoms with Gasteiger partial charge in [-0.1, -0.05) is 18.2 Å². The van der Waals surface area contributed by atoms with Crippen molar-refractivity contribution in [3.63, 3.8) is 0 Å². The summed E-state index contributed by atoms with van der Waals surface area (Å²) in [5.74, 6) is 0. The largest absolute Gasteiger partial charge is 0.367 e. The maximum Gasteiger partial charge on any atom is 0.111 e. The van der Waals surface area contributed by atoms with E-state index in [0.29, 0.717) is 0 Å². The highest BCUT2D eigenvalue weighted by molar-refractivity contribution is 5.57. The van der Waals surface area contributed by atoms with Crippen LogP contribution in [0.3, 0.4) is 0 Å². The van der Waals surface area contributed by atoms with Crippen molar-refractivity contribution < 1.29 is 0 Å². The monoisotopic (exact) mass is 177 g/mol. The minimum atomic E-state index is 1.08. The lowest BCUT2D eigenvalue weighted by molar-refractivity contribution is 0.638. The molecule has 0 aliphatic heterocycles.